The van der Waals surface area contributed by atoms with Crippen LogP contribution in [0.1, 0.15) is 30.5 Å². The van der Waals surface area contributed by atoms with Crippen molar-refractivity contribution in [3.05, 3.63) is 96.1 Å². The van der Waals surface area contributed by atoms with Crippen LogP contribution >= 0.6 is 0 Å². The Kier molecular flexibility index (Phi) is 9.03. The highest BCUT2D eigenvalue weighted by Gasteiger charge is 2.09. The Hall–Kier alpha value is -2.45. The molecular weight excluding hydrogens is 280 g/mol. The molecule has 0 fully saturated rings. The van der Waals surface area contributed by atoms with Gasteiger partial charge in [-0.05, 0) is 30.2 Å². The average Bonchev–Trinajstić information content (AvgIpc) is 2.63. The summed E-state index contributed by atoms with van der Waals surface area (Å²) >= 11 is 0. The standard InChI is InChI=1S/C14H15N.C7H11N/c1-15-14(12-8-4-2-5-9-12)13-10-6-3-7-11-13;1-3-5-7(4-2)6-8/h2-11,14-15H,1H3;3,5-6,8H,1,4H2,2H3/b;7-5-,8-6?. The first kappa shape index (κ1) is 18.6. The van der Waals surface area contributed by atoms with E-state index in [2.05, 4.69) is 60.4 Å². The fourth-order valence-electron chi connectivity index (χ4n) is 2.24. The average molecular weight is 306 g/mol. The maximum Gasteiger partial charge on any atom is 0.0574 e. The zero-order valence-electron chi connectivity index (χ0n) is 14.0. The molecular formula is C21H26N2. The van der Waals surface area contributed by atoms with Gasteiger partial charge in [-0.25, -0.2) is 0 Å². The first-order valence-electron chi connectivity index (χ1n) is 7.86. The van der Waals surface area contributed by atoms with Gasteiger partial charge in [-0.3, -0.25) is 0 Å². The van der Waals surface area contributed by atoms with E-state index < -0.39 is 0 Å². The van der Waals surface area contributed by atoms with E-state index >= 15 is 0 Å². The summed E-state index contributed by atoms with van der Waals surface area (Å²) in [5, 5.41) is 10.2. The molecule has 0 saturated heterocycles. The number of nitrogens with one attached hydrogen (secondary N) is 2. The molecule has 0 aliphatic rings. The molecule has 0 aromatic heterocycles. The summed E-state index contributed by atoms with van der Waals surface area (Å²) in [6, 6.07) is 21.2. The minimum absolute atomic E-state index is 0.285. The summed E-state index contributed by atoms with van der Waals surface area (Å²) in [6.07, 6.45) is 5.80. The van der Waals surface area contributed by atoms with E-state index in [-0.39, 0.29) is 6.04 Å². The molecule has 0 amide bonds. The van der Waals surface area contributed by atoms with Crippen molar-refractivity contribution in [2.75, 3.05) is 7.05 Å². The van der Waals surface area contributed by atoms with E-state index in [1.807, 2.05) is 32.2 Å². The third-order valence-corrected chi connectivity index (χ3v) is 3.48. The van der Waals surface area contributed by atoms with Gasteiger partial charge in [-0.2, -0.15) is 0 Å². The van der Waals surface area contributed by atoms with Crippen LogP contribution in [0.4, 0.5) is 0 Å². The van der Waals surface area contributed by atoms with Crippen LogP contribution < -0.4 is 5.32 Å². The summed E-state index contributed by atoms with van der Waals surface area (Å²) in [6.45, 7) is 5.53. The van der Waals surface area contributed by atoms with Gasteiger partial charge in [-0.15, -0.1) is 0 Å². The minimum Gasteiger partial charge on any atom is -0.309 e. The van der Waals surface area contributed by atoms with Gasteiger partial charge in [0.2, 0.25) is 0 Å². The normalized spacial score (nSPS) is 10.7. The Labute approximate surface area is 140 Å². The SMILES string of the molecule is C=C/C=C(\C=N)CC.CNC(c1ccccc1)c1ccccc1. The first-order chi connectivity index (χ1) is 11.3. The largest absolute Gasteiger partial charge is 0.309 e. The lowest BCUT2D eigenvalue weighted by molar-refractivity contribution is 0.692. The lowest BCUT2D eigenvalue weighted by atomic mass is 9.99. The molecule has 2 aromatic carbocycles. The van der Waals surface area contributed by atoms with Gasteiger partial charge >= 0.3 is 0 Å². The Morgan fingerprint density at radius 2 is 1.52 bits per heavy atom. The predicted molar refractivity (Wildman–Crippen MR) is 101 cm³/mol. The van der Waals surface area contributed by atoms with Crippen molar-refractivity contribution in [2.45, 2.75) is 19.4 Å². The topological polar surface area (TPSA) is 35.9 Å². The number of allylic oxidation sites excluding steroid dienone is 3. The fourth-order valence-corrected chi connectivity index (χ4v) is 2.24. The summed E-state index contributed by atoms with van der Waals surface area (Å²) in [5.74, 6) is 0. The van der Waals surface area contributed by atoms with E-state index in [1.165, 1.54) is 17.3 Å². The molecule has 0 unspecified atom stereocenters. The van der Waals surface area contributed by atoms with Crippen LogP contribution in [0, 0.1) is 5.41 Å². The van der Waals surface area contributed by atoms with Crippen molar-refractivity contribution in [1.29, 1.82) is 5.41 Å². The summed E-state index contributed by atoms with van der Waals surface area (Å²) < 4.78 is 0. The molecule has 2 rings (SSSR count). The van der Waals surface area contributed by atoms with E-state index in [0.717, 1.165) is 12.0 Å². The van der Waals surface area contributed by atoms with Crippen molar-refractivity contribution < 1.29 is 0 Å². The molecule has 0 saturated carbocycles. The molecule has 120 valence electrons. The molecule has 2 N–H and O–H groups in total. The van der Waals surface area contributed by atoms with Gasteiger partial charge in [-0.1, -0.05) is 86.3 Å². The number of hydrogen-bond donors (Lipinski definition) is 2. The zero-order valence-corrected chi connectivity index (χ0v) is 14.0. The summed E-state index contributed by atoms with van der Waals surface area (Å²) in [4.78, 5) is 0. The third-order valence-electron chi connectivity index (χ3n) is 3.48. The van der Waals surface area contributed by atoms with Crippen molar-refractivity contribution in [2.24, 2.45) is 0 Å². The molecule has 23 heavy (non-hydrogen) atoms. The van der Waals surface area contributed by atoms with Crippen LogP contribution in [0.15, 0.2) is 85.0 Å². The van der Waals surface area contributed by atoms with Crippen molar-refractivity contribution in [3.63, 3.8) is 0 Å². The predicted octanol–water partition coefficient (Wildman–Crippen LogP) is 5.15. The second-order valence-corrected chi connectivity index (χ2v) is 5.02. The van der Waals surface area contributed by atoms with Gasteiger partial charge in [0.25, 0.3) is 0 Å². The highest BCUT2D eigenvalue weighted by Crippen LogP contribution is 2.20. The highest BCUT2D eigenvalue weighted by atomic mass is 14.9. The molecule has 0 bridgehead atoms. The van der Waals surface area contributed by atoms with Crippen molar-refractivity contribution >= 4 is 6.21 Å². The van der Waals surface area contributed by atoms with Crippen LogP contribution in [0.2, 0.25) is 0 Å². The third kappa shape index (κ3) is 6.45. The first-order valence-corrected chi connectivity index (χ1v) is 7.86. The monoisotopic (exact) mass is 306 g/mol. The molecule has 2 heteroatoms. The Morgan fingerprint density at radius 3 is 1.78 bits per heavy atom. The molecule has 0 aliphatic carbocycles. The second kappa shape index (κ2) is 11.2. The Bertz CT molecular complexity index is 561. The molecule has 0 aliphatic heterocycles. The zero-order chi connectivity index (χ0) is 16.9. The van der Waals surface area contributed by atoms with Crippen LogP contribution in [-0.4, -0.2) is 13.3 Å². The Morgan fingerprint density at radius 1 is 1.04 bits per heavy atom. The van der Waals surface area contributed by atoms with Crippen molar-refractivity contribution in [1.82, 2.24) is 5.32 Å². The van der Waals surface area contributed by atoms with Crippen LogP contribution in [0.25, 0.3) is 0 Å². The lowest BCUT2D eigenvalue weighted by Crippen LogP contribution is -2.17. The van der Waals surface area contributed by atoms with E-state index in [1.54, 1.807) is 6.08 Å². The highest BCUT2D eigenvalue weighted by molar-refractivity contribution is 5.75. The Balaban J connectivity index is 0.000000284. The summed E-state index contributed by atoms with van der Waals surface area (Å²) in [5.41, 5.74) is 3.61. The van der Waals surface area contributed by atoms with Crippen molar-refractivity contribution in [3.8, 4) is 0 Å². The van der Waals surface area contributed by atoms with E-state index in [9.17, 15) is 0 Å². The smallest absolute Gasteiger partial charge is 0.0574 e. The van der Waals surface area contributed by atoms with Gasteiger partial charge in [0.15, 0.2) is 0 Å². The van der Waals surface area contributed by atoms with Crippen LogP contribution in [-0.2, 0) is 0 Å². The minimum atomic E-state index is 0.285. The molecule has 2 aromatic rings. The van der Waals surface area contributed by atoms with Gasteiger partial charge in [0.1, 0.15) is 0 Å². The van der Waals surface area contributed by atoms with Crippen LogP contribution in [0.5, 0.6) is 0 Å². The molecule has 0 atom stereocenters. The maximum absolute atomic E-state index is 6.82. The number of hydrogen-bond acceptors (Lipinski definition) is 2. The number of rotatable bonds is 6. The summed E-state index contributed by atoms with van der Waals surface area (Å²) in [7, 11) is 1.99. The molecule has 0 radical (unpaired) electrons. The molecule has 0 spiro atoms. The quantitative estimate of drug-likeness (QED) is 0.561. The molecule has 0 heterocycles. The van der Waals surface area contributed by atoms with E-state index in [0.29, 0.717) is 0 Å². The second-order valence-electron chi connectivity index (χ2n) is 5.02. The fraction of sp³-hybridized carbons (Fsp3) is 0.190. The van der Waals surface area contributed by atoms with Crippen LogP contribution in [0.3, 0.4) is 0 Å². The van der Waals surface area contributed by atoms with E-state index in [4.69, 9.17) is 5.41 Å². The molecule has 2 nitrogen and oxygen atoms in total. The van der Waals surface area contributed by atoms with Gasteiger partial charge < -0.3 is 10.7 Å². The maximum atomic E-state index is 6.82. The lowest BCUT2D eigenvalue weighted by Gasteiger charge is -2.16. The number of benzene rings is 2. The van der Waals surface area contributed by atoms with Gasteiger partial charge in [0.05, 0.1) is 6.04 Å². The van der Waals surface area contributed by atoms with Gasteiger partial charge in [0, 0.05) is 6.21 Å².